The number of nitrogens with zero attached hydrogens (tertiary/aromatic N) is 5. The molecule has 0 unspecified atom stereocenters. The number of hydrogen-bond donors (Lipinski definition) is 1. The number of nitriles is 1. The lowest BCUT2D eigenvalue weighted by atomic mass is 10.1. The fourth-order valence-corrected chi connectivity index (χ4v) is 4.18. The fourth-order valence-electron chi connectivity index (χ4n) is 4.04. The number of aromatic hydroxyl groups is 1. The lowest BCUT2D eigenvalue weighted by Crippen LogP contribution is -2.47. The third-order valence-corrected chi connectivity index (χ3v) is 5.90. The van der Waals surface area contributed by atoms with Gasteiger partial charge in [0.25, 0.3) is 5.56 Å². The largest absolute Gasteiger partial charge is 0.507 e. The van der Waals surface area contributed by atoms with Crippen molar-refractivity contribution in [1.82, 2.24) is 14.5 Å². The van der Waals surface area contributed by atoms with Crippen LogP contribution in [-0.2, 0) is 13.6 Å². The Bertz CT molecular complexity index is 1240. The van der Waals surface area contributed by atoms with E-state index >= 15 is 0 Å². The van der Waals surface area contributed by atoms with E-state index in [4.69, 9.17) is 16.3 Å². The van der Waals surface area contributed by atoms with E-state index in [0.29, 0.717) is 60.3 Å². The van der Waals surface area contributed by atoms with Crippen LogP contribution in [0.15, 0.2) is 35.1 Å². The van der Waals surface area contributed by atoms with Crippen LogP contribution in [0.1, 0.15) is 11.1 Å². The zero-order valence-corrected chi connectivity index (χ0v) is 18.1. The number of piperazine rings is 1. The number of benzene rings is 1. The molecule has 9 heteroatoms. The number of phenols is 1. The summed E-state index contributed by atoms with van der Waals surface area (Å²) in [6.07, 6.45) is 0. The Labute approximate surface area is 184 Å². The molecule has 8 nitrogen and oxygen atoms in total. The Morgan fingerprint density at radius 3 is 2.65 bits per heavy atom. The van der Waals surface area contributed by atoms with Gasteiger partial charge in [0.15, 0.2) is 0 Å². The lowest BCUT2D eigenvalue weighted by molar-refractivity contribution is 0.242. The van der Waals surface area contributed by atoms with Crippen molar-refractivity contribution in [3.8, 4) is 17.6 Å². The van der Waals surface area contributed by atoms with Crippen LogP contribution in [-0.4, -0.2) is 52.8 Å². The molecule has 1 fully saturated rings. The fraction of sp³-hybridized carbons (Fsp3) is 0.318. The second-order valence-electron chi connectivity index (χ2n) is 7.42. The van der Waals surface area contributed by atoms with Gasteiger partial charge in [0.2, 0.25) is 0 Å². The third-order valence-electron chi connectivity index (χ3n) is 5.69. The number of ether oxygens (including phenoxy) is 1. The topological polar surface area (TPSA) is 94.6 Å². The van der Waals surface area contributed by atoms with E-state index in [9.17, 15) is 15.2 Å². The van der Waals surface area contributed by atoms with Crippen LogP contribution in [0, 0.1) is 11.3 Å². The summed E-state index contributed by atoms with van der Waals surface area (Å²) < 4.78 is 6.81. The molecule has 1 aliphatic rings. The number of methoxy groups -OCH3 is 1. The molecule has 31 heavy (non-hydrogen) atoms. The van der Waals surface area contributed by atoms with Crippen molar-refractivity contribution in [2.75, 3.05) is 38.2 Å². The Kier molecular flexibility index (Phi) is 5.72. The standard InChI is InChI=1S/C22H22ClN5O3/c1-26-16-6-7-19(23)25-20(16)21(14(12-24)22(26)30)28-10-8-27(9-11-28)13-15-17(29)4-3-5-18(15)31-2/h3-7,29H,8-11,13H2,1-2H3. The first-order chi connectivity index (χ1) is 14.9. The number of anilines is 1. The van der Waals surface area contributed by atoms with Crippen molar-refractivity contribution in [3.05, 3.63) is 57.0 Å². The quantitative estimate of drug-likeness (QED) is 0.624. The van der Waals surface area contributed by atoms with Crippen LogP contribution in [0.3, 0.4) is 0 Å². The third kappa shape index (κ3) is 3.78. The highest BCUT2D eigenvalue weighted by molar-refractivity contribution is 6.29. The van der Waals surface area contributed by atoms with Gasteiger partial charge in [-0.1, -0.05) is 17.7 Å². The van der Waals surface area contributed by atoms with E-state index in [1.807, 2.05) is 11.0 Å². The van der Waals surface area contributed by atoms with Gasteiger partial charge >= 0.3 is 0 Å². The lowest BCUT2D eigenvalue weighted by Gasteiger charge is -2.37. The van der Waals surface area contributed by atoms with Crippen LogP contribution in [0.2, 0.25) is 5.15 Å². The van der Waals surface area contributed by atoms with Gasteiger partial charge in [-0.05, 0) is 24.3 Å². The molecule has 0 radical (unpaired) electrons. The Morgan fingerprint density at radius 1 is 1.23 bits per heavy atom. The van der Waals surface area contributed by atoms with E-state index in [0.717, 1.165) is 5.56 Å². The molecule has 3 heterocycles. The van der Waals surface area contributed by atoms with E-state index in [1.165, 1.54) is 4.57 Å². The van der Waals surface area contributed by atoms with E-state index in [-0.39, 0.29) is 16.9 Å². The minimum Gasteiger partial charge on any atom is -0.507 e. The number of halogens is 1. The predicted molar refractivity (Wildman–Crippen MR) is 119 cm³/mol. The Hall–Kier alpha value is -3.28. The van der Waals surface area contributed by atoms with Crippen molar-refractivity contribution in [1.29, 1.82) is 5.26 Å². The van der Waals surface area contributed by atoms with Gasteiger partial charge < -0.3 is 19.3 Å². The molecular weight excluding hydrogens is 418 g/mol. The molecular formula is C22H22ClN5O3. The molecule has 4 rings (SSSR count). The average Bonchev–Trinajstić information content (AvgIpc) is 2.78. The maximum Gasteiger partial charge on any atom is 0.270 e. The van der Waals surface area contributed by atoms with Gasteiger partial charge in [0.05, 0.1) is 18.3 Å². The summed E-state index contributed by atoms with van der Waals surface area (Å²) in [5.74, 6) is 0.843. The van der Waals surface area contributed by atoms with Gasteiger partial charge in [-0.15, -0.1) is 0 Å². The average molecular weight is 440 g/mol. The second kappa shape index (κ2) is 8.46. The number of rotatable bonds is 4. The van der Waals surface area contributed by atoms with Crippen LogP contribution >= 0.6 is 11.6 Å². The SMILES string of the molecule is COc1cccc(O)c1CN1CCN(c2c(C#N)c(=O)n(C)c3ccc(Cl)nc23)CC1. The highest BCUT2D eigenvalue weighted by Gasteiger charge is 2.26. The minimum atomic E-state index is -0.351. The van der Waals surface area contributed by atoms with E-state index in [2.05, 4.69) is 16.0 Å². The van der Waals surface area contributed by atoms with Crippen LogP contribution < -0.4 is 15.2 Å². The number of phenolic OH excluding ortho intramolecular Hbond substituents is 1. The molecule has 1 saturated heterocycles. The first-order valence-electron chi connectivity index (χ1n) is 9.86. The molecule has 1 N–H and O–H groups in total. The van der Waals surface area contributed by atoms with Crippen LogP contribution in [0.25, 0.3) is 11.0 Å². The summed E-state index contributed by atoms with van der Waals surface area (Å²) in [6.45, 7) is 3.09. The van der Waals surface area contributed by atoms with Gasteiger partial charge in [0.1, 0.15) is 33.8 Å². The number of pyridine rings is 2. The number of hydrogen-bond acceptors (Lipinski definition) is 7. The number of aryl methyl sites for hydroxylation is 1. The van der Waals surface area contributed by atoms with Gasteiger partial charge in [-0.3, -0.25) is 9.69 Å². The predicted octanol–water partition coefficient (Wildman–Crippen LogP) is 2.49. The van der Waals surface area contributed by atoms with Crippen molar-refractivity contribution in [3.63, 3.8) is 0 Å². The molecule has 0 saturated carbocycles. The van der Waals surface area contributed by atoms with Gasteiger partial charge in [0, 0.05) is 45.3 Å². The molecule has 0 amide bonds. The normalized spacial score (nSPS) is 14.6. The summed E-state index contributed by atoms with van der Waals surface area (Å²) in [6, 6.07) is 10.7. The first kappa shape index (κ1) is 21.0. The highest BCUT2D eigenvalue weighted by atomic mass is 35.5. The summed E-state index contributed by atoms with van der Waals surface area (Å²) >= 11 is 6.13. The molecule has 0 bridgehead atoms. The highest BCUT2D eigenvalue weighted by Crippen LogP contribution is 2.31. The van der Waals surface area contributed by atoms with E-state index < -0.39 is 0 Å². The molecule has 0 aliphatic carbocycles. The number of fused-ring (bicyclic) bond motifs is 1. The van der Waals surface area contributed by atoms with Crippen molar-refractivity contribution in [2.45, 2.75) is 6.54 Å². The molecule has 0 atom stereocenters. The summed E-state index contributed by atoms with van der Waals surface area (Å²) in [4.78, 5) is 21.4. The Balaban J connectivity index is 1.64. The molecule has 2 aromatic heterocycles. The molecule has 3 aromatic rings. The summed E-state index contributed by atoms with van der Waals surface area (Å²) in [5.41, 5.74) is 2.16. The minimum absolute atomic E-state index is 0.0700. The van der Waals surface area contributed by atoms with Crippen LogP contribution in [0.5, 0.6) is 11.5 Å². The van der Waals surface area contributed by atoms with Crippen molar-refractivity contribution < 1.29 is 9.84 Å². The molecule has 1 aromatic carbocycles. The maximum absolute atomic E-state index is 12.8. The summed E-state index contributed by atoms with van der Waals surface area (Å²) in [7, 11) is 3.21. The Morgan fingerprint density at radius 2 is 1.97 bits per heavy atom. The monoisotopic (exact) mass is 439 g/mol. The van der Waals surface area contributed by atoms with Gasteiger partial charge in [-0.25, -0.2) is 4.98 Å². The van der Waals surface area contributed by atoms with E-state index in [1.54, 1.807) is 38.4 Å². The molecule has 0 spiro atoms. The number of aromatic nitrogens is 2. The maximum atomic E-state index is 12.8. The smallest absolute Gasteiger partial charge is 0.270 e. The summed E-state index contributed by atoms with van der Waals surface area (Å²) in [5, 5.41) is 20.3. The molecule has 160 valence electrons. The zero-order valence-electron chi connectivity index (χ0n) is 17.3. The molecule has 1 aliphatic heterocycles. The van der Waals surface area contributed by atoms with Crippen molar-refractivity contribution in [2.24, 2.45) is 7.05 Å². The second-order valence-corrected chi connectivity index (χ2v) is 7.81. The van der Waals surface area contributed by atoms with Crippen molar-refractivity contribution >= 4 is 28.3 Å². The van der Waals surface area contributed by atoms with Gasteiger partial charge in [-0.2, -0.15) is 5.26 Å². The van der Waals surface area contributed by atoms with Crippen LogP contribution in [0.4, 0.5) is 5.69 Å². The zero-order chi connectivity index (χ0) is 22.1. The first-order valence-corrected chi connectivity index (χ1v) is 10.2.